The summed E-state index contributed by atoms with van der Waals surface area (Å²) in [6, 6.07) is 8.18. The van der Waals surface area contributed by atoms with Gasteiger partial charge in [-0.2, -0.15) is 0 Å². The SMILES string of the molecule is CC[C@@H]([NH3+])C(=O)[O-].[NH3+][C@@H](Cc1ccccc1)C(=O)[O-]. The van der Waals surface area contributed by atoms with E-state index < -0.39 is 24.0 Å². The molecule has 0 bridgehead atoms. The second-order valence-electron chi connectivity index (χ2n) is 4.13. The Hall–Kier alpha value is -1.92. The number of hydrogen-bond donors (Lipinski definition) is 2. The molecular weight excluding hydrogens is 248 g/mol. The molecule has 0 saturated heterocycles. The fourth-order valence-electron chi connectivity index (χ4n) is 1.15. The van der Waals surface area contributed by atoms with Crippen molar-refractivity contribution in [3.63, 3.8) is 0 Å². The van der Waals surface area contributed by atoms with Gasteiger partial charge >= 0.3 is 0 Å². The van der Waals surface area contributed by atoms with E-state index in [2.05, 4.69) is 11.5 Å². The first-order valence-electron chi connectivity index (χ1n) is 6.00. The van der Waals surface area contributed by atoms with Gasteiger partial charge in [0.2, 0.25) is 0 Å². The molecular formula is C13H20N2O4. The van der Waals surface area contributed by atoms with Gasteiger partial charge in [-0.3, -0.25) is 0 Å². The van der Waals surface area contributed by atoms with Gasteiger partial charge in [-0.15, -0.1) is 0 Å². The van der Waals surface area contributed by atoms with E-state index in [0.29, 0.717) is 12.8 Å². The molecule has 0 saturated carbocycles. The topological polar surface area (TPSA) is 136 Å². The third-order valence-electron chi connectivity index (χ3n) is 2.48. The van der Waals surface area contributed by atoms with E-state index in [1.165, 1.54) is 0 Å². The highest BCUT2D eigenvalue weighted by atomic mass is 16.4. The minimum Gasteiger partial charge on any atom is -0.544 e. The summed E-state index contributed by atoms with van der Waals surface area (Å²) >= 11 is 0. The number of hydrogen-bond acceptors (Lipinski definition) is 4. The van der Waals surface area contributed by atoms with E-state index in [4.69, 9.17) is 0 Å². The highest BCUT2D eigenvalue weighted by molar-refractivity contribution is 5.69. The maximum Gasteiger partial charge on any atom is 0.129 e. The molecule has 0 radical (unpaired) electrons. The van der Waals surface area contributed by atoms with E-state index in [0.717, 1.165) is 5.56 Å². The molecule has 0 heterocycles. The predicted molar refractivity (Wildman–Crippen MR) is 63.8 cm³/mol. The quantitative estimate of drug-likeness (QED) is 0.569. The molecule has 6 nitrogen and oxygen atoms in total. The number of carbonyl (C=O) groups excluding carboxylic acids is 2. The number of carboxylic acid groups (broad SMARTS) is 2. The first kappa shape index (κ1) is 17.1. The van der Waals surface area contributed by atoms with E-state index in [1.54, 1.807) is 6.92 Å². The van der Waals surface area contributed by atoms with Crippen LogP contribution in [0.2, 0.25) is 0 Å². The number of rotatable bonds is 5. The van der Waals surface area contributed by atoms with Crippen molar-refractivity contribution in [3.05, 3.63) is 35.9 Å². The highest BCUT2D eigenvalue weighted by Crippen LogP contribution is 2.00. The van der Waals surface area contributed by atoms with Crippen molar-refractivity contribution in [3.8, 4) is 0 Å². The second-order valence-corrected chi connectivity index (χ2v) is 4.13. The molecule has 6 heteroatoms. The molecule has 6 N–H and O–H groups in total. The third-order valence-corrected chi connectivity index (χ3v) is 2.48. The largest absolute Gasteiger partial charge is 0.544 e. The monoisotopic (exact) mass is 268 g/mol. The minimum absolute atomic E-state index is 0.434. The van der Waals surface area contributed by atoms with E-state index in [1.807, 2.05) is 30.3 Å². The van der Waals surface area contributed by atoms with Crippen LogP contribution >= 0.6 is 0 Å². The van der Waals surface area contributed by atoms with Crippen LogP contribution in [0.5, 0.6) is 0 Å². The summed E-state index contributed by atoms with van der Waals surface area (Å²) in [4.78, 5) is 20.1. The van der Waals surface area contributed by atoms with Gasteiger partial charge in [0.15, 0.2) is 0 Å². The molecule has 0 unspecified atom stereocenters. The van der Waals surface area contributed by atoms with Crippen LogP contribution in [-0.4, -0.2) is 24.0 Å². The van der Waals surface area contributed by atoms with Crippen LogP contribution < -0.4 is 21.7 Å². The number of aliphatic carboxylic acids is 2. The Labute approximate surface area is 112 Å². The zero-order chi connectivity index (χ0) is 14.8. The predicted octanol–water partition coefficient (Wildman–Crippen LogP) is -3.65. The van der Waals surface area contributed by atoms with Gasteiger partial charge < -0.3 is 31.3 Å². The maximum absolute atomic E-state index is 10.3. The fourth-order valence-corrected chi connectivity index (χ4v) is 1.15. The summed E-state index contributed by atoms with van der Waals surface area (Å²) in [5.41, 5.74) is 7.74. The van der Waals surface area contributed by atoms with Crippen LogP contribution in [-0.2, 0) is 16.0 Å². The van der Waals surface area contributed by atoms with Gasteiger partial charge in [-0.25, -0.2) is 0 Å². The Bertz CT molecular complexity index is 395. The van der Waals surface area contributed by atoms with Crippen LogP contribution in [0.3, 0.4) is 0 Å². The summed E-state index contributed by atoms with van der Waals surface area (Å²) < 4.78 is 0. The lowest BCUT2D eigenvalue weighted by Gasteiger charge is -2.08. The van der Waals surface area contributed by atoms with Gasteiger partial charge in [-0.1, -0.05) is 37.3 Å². The van der Waals surface area contributed by atoms with Gasteiger partial charge in [0.1, 0.15) is 12.1 Å². The molecule has 0 aliphatic rings. The molecule has 106 valence electrons. The minimum atomic E-state index is -1.10. The molecule has 0 aliphatic carbocycles. The van der Waals surface area contributed by atoms with Gasteiger partial charge in [0, 0.05) is 12.8 Å². The van der Waals surface area contributed by atoms with Gasteiger partial charge in [-0.05, 0) is 5.56 Å². The normalized spacial score (nSPS) is 12.8. The average molecular weight is 268 g/mol. The Balaban J connectivity index is 0.000000399. The zero-order valence-electron chi connectivity index (χ0n) is 11.0. The molecule has 0 fully saturated rings. The number of carboxylic acids is 2. The van der Waals surface area contributed by atoms with Crippen molar-refractivity contribution in [2.24, 2.45) is 0 Å². The molecule has 19 heavy (non-hydrogen) atoms. The average Bonchev–Trinajstić information content (AvgIpc) is 2.39. The molecule has 0 aliphatic heterocycles. The zero-order valence-corrected chi connectivity index (χ0v) is 11.0. The Morgan fingerprint density at radius 3 is 1.84 bits per heavy atom. The lowest BCUT2D eigenvalue weighted by atomic mass is 10.1. The lowest BCUT2D eigenvalue weighted by molar-refractivity contribution is -0.437. The van der Waals surface area contributed by atoms with Crippen molar-refractivity contribution in [2.75, 3.05) is 0 Å². The smallest absolute Gasteiger partial charge is 0.129 e. The van der Waals surface area contributed by atoms with E-state index >= 15 is 0 Å². The summed E-state index contributed by atoms with van der Waals surface area (Å²) in [6.45, 7) is 1.76. The molecule has 2 atom stereocenters. The number of carbonyl (C=O) groups is 2. The van der Waals surface area contributed by atoms with Crippen molar-refractivity contribution in [2.45, 2.75) is 31.8 Å². The van der Waals surface area contributed by atoms with Crippen LogP contribution in [0, 0.1) is 0 Å². The molecule has 1 aromatic carbocycles. The third kappa shape index (κ3) is 7.91. The van der Waals surface area contributed by atoms with Crippen molar-refractivity contribution < 1.29 is 31.3 Å². The van der Waals surface area contributed by atoms with Crippen LogP contribution in [0.4, 0.5) is 0 Å². The van der Waals surface area contributed by atoms with Crippen LogP contribution in [0.15, 0.2) is 30.3 Å². The molecule has 0 spiro atoms. The Morgan fingerprint density at radius 2 is 1.53 bits per heavy atom. The van der Waals surface area contributed by atoms with Gasteiger partial charge in [0.05, 0.1) is 11.9 Å². The Kier molecular flexibility index (Phi) is 8.15. The fraction of sp³-hybridized carbons (Fsp3) is 0.385. The lowest BCUT2D eigenvalue weighted by Crippen LogP contribution is -2.69. The first-order chi connectivity index (χ1) is 8.88. The molecule has 1 rings (SSSR count). The van der Waals surface area contributed by atoms with E-state index in [9.17, 15) is 19.8 Å². The number of quaternary nitrogens is 2. The van der Waals surface area contributed by atoms with Crippen LogP contribution in [0.1, 0.15) is 18.9 Å². The second kappa shape index (κ2) is 9.07. The van der Waals surface area contributed by atoms with Crippen LogP contribution in [0.25, 0.3) is 0 Å². The summed E-state index contributed by atoms with van der Waals surface area (Å²) in [5, 5.41) is 20.1. The van der Waals surface area contributed by atoms with Crippen molar-refractivity contribution in [1.82, 2.24) is 0 Å². The molecule has 1 aromatic rings. The summed E-state index contributed by atoms with van der Waals surface area (Å²) in [6.07, 6.45) is 0.978. The highest BCUT2D eigenvalue weighted by Gasteiger charge is 2.07. The first-order valence-corrected chi connectivity index (χ1v) is 6.00. The molecule has 0 aromatic heterocycles. The maximum atomic E-state index is 10.3. The summed E-state index contributed by atoms with van der Waals surface area (Å²) in [7, 11) is 0. The standard InChI is InChI=1S/C9H11NO2.C4H9NO2/c10-8(9(11)12)6-7-4-2-1-3-5-7;1-2-3(5)4(6)7/h1-5,8H,6,10H2,(H,11,12);3H,2,5H2,1H3,(H,6,7)/t8-;3-/m01/s1. The Morgan fingerprint density at radius 1 is 1.05 bits per heavy atom. The van der Waals surface area contributed by atoms with Gasteiger partial charge in [0.25, 0.3) is 0 Å². The summed E-state index contributed by atoms with van der Waals surface area (Å²) in [5.74, 6) is -2.17. The molecule has 0 amide bonds. The van der Waals surface area contributed by atoms with Crippen molar-refractivity contribution >= 4 is 11.9 Å². The van der Waals surface area contributed by atoms with Crippen molar-refractivity contribution in [1.29, 1.82) is 0 Å². The van der Waals surface area contributed by atoms with E-state index in [-0.39, 0.29) is 0 Å². The number of benzene rings is 1.